The number of alkyl carbamates (subject to hydrolysis) is 1. The van der Waals surface area contributed by atoms with Crippen LogP contribution in [0.4, 0.5) is 18.0 Å². The number of ether oxygens (including phenoxy) is 1. The van der Waals surface area contributed by atoms with Crippen LogP contribution in [0.1, 0.15) is 17.2 Å². The summed E-state index contributed by atoms with van der Waals surface area (Å²) in [7, 11) is 0. The molecule has 0 aliphatic carbocycles. The molecule has 1 heterocycles. The second-order valence-electron chi connectivity index (χ2n) is 3.51. The van der Waals surface area contributed by atoms with E-state index in [0.29, 0.717) is 5.56 Å². The Morgan fingerprint density at radius 3 is 2.65 bits per heavy atom. The monoisotopic (exact) mass is 357 g/mol. The number of nitrogens with one attached hydrogen (secondary N) is 1. The van der Waals surface area contributed by atoms with E-state index in [1.54, 1.807) is 22.6 Å². The predicted octanol–water partition coefficient (Wildman–Crippen LogP) is 3.09. The smallest absolute Gasteiger partial charge is 0.417 e. The lowest BCUT2D eigenvalue weighted by molar-refractivity contribution is -0.138. The molecule has 1 saturated heterocycles. The van der Waals surface area contributed by atoms with Crippen molar-refractivity contribution in [1.29, 1.82) is 0 Å². The molecule has 0 aromatic heterocycles. The average molecular weight is 357 g/mol. The van der Waals surface area contributed by atoms with Gasteiger partial charge in [0.15, 0.2) is 0 Å². The number of cyclic esters (lactones) is 1. The molecule has 0 bridgehead atoms. The third-order valence-electron chi connectivity index (χ3n) is 2.35. The maximum atomic E-state index is 12.7. The minimum Gasteiger partial charge on any atom is -0.439 e. The summed E-state index contributed by atoms with van der Waals surface area (Å²) in [5.41, 5.74) is -0.366. The molecule has 92 valence electrons. The van der Waals surface area contributed by atoms with E-state index in [2.05, 4.69) is 5.32 Å². The van der Waals surface area contributed by atoms with Gasteiger partial charge in [0.05, 0.1) is 12.1 Å². The third-order valence-corrected chi connectivity index (χ3v) is 3.29. The van der Waals surface area contributed by atoms with Crippen LogP contribution in [0.5, 0.6) is 0 Å². The Hall–Kier alpha value is -0.990. The topological polar surface area (TPSA) is 38.3 Å². The van der Waals surface area contributed by atoms with Crippen molar-refractivity contribution in [2.24, 2.45) is 0 Å². The van der Waals surface area contributed by atoms with Crippen LogP contribution in [0.3, 0.4) is 0 Å². The summed E-state index contributed by atoms with van der Waals surface area (Å²) < 4.78 is 42.9. The Bertz CT molecular complexity index is 461. The molecule has 1 amide bonds. The van der Waals surface area contributed by atoms with Gasteiger partial charge in [-0.3, -0.25) is 0 Å². The highest BCUT2D eigenvalue weighted by Gasteiger charge is 2.34. The van der Waals surface area contributed by atoms with Crippen molar-refractivity contribution in [2.45, 2.75) is 12.3 Å². The molecule has 0 radical (unpaired) electrons. The van der Waals surface area contributed by atoms with E-state index >= 15 is 0 Å². The van der Waals surface area contributed by atoms with E-state index < -0.39 is 23.9 Å². The summed E-state index contributed by atoms with van der Waals surface area (Å²) >= 11 is 1.63. The van der Waals surface area contributed by atoms with Crippen molar-refractivity contribution < 1.29 is 22.7 Å². The molecule has 1 atom stereocenters. The fourth-order valence-electron chi connectivity index (χ4n) is 1.53. The number of amides is 1. The summed E-state index contributed by atoms with van der Waals surface area (Å²) in [6, 6.07) is 3.92. The standard InChI is InChI=1S/C10H7F3INO2/c11-10(12,13)6-3-5(1-2-7(6)14)8-4-15-9(16)17-8/h1-3,8H,4H2,(H,15,16). The molecule has 1 aliphatic rings. The maximum absolute atomic E-state index is 12.7. The largest absolute Gasteiger partial charge is 0.439 e. The summed E-state index contributed by atoms with van der Waals surface area (Å²) in [6.07, 6.45) is -5.66. The first kappa shape index (κ1) is 12.5. The van der Waals surface area contributed by atoms with E-state index in [-0.39, 0.29) is 10.1 Å². The SMILES string of the molecule is O=C1NCC(c2ccc(I)c(C(F)(F)F)c2)O1. The summed E-state index contributed by atoms with van der Waals surface area (Å²) in [5, 5.41) is 2.40. The first-order chi connectivity index (χ1) is 7.88. The first-order valence-electron chi connectivity index (χ1n) is 4.69. The molecular formula is C10H7F3INO2. The van der Waals surface area contributed by atoms with Gasteiger partial charge in [-0.1, -0.05) is 6.07 Å². The number of carbonyl (C=O) groups excluding carboxylic acids is 1. The number of halogens is 4. The number of rotatable bonds is 1. The second kappa shape index (κ2) is 4.35. The van der Waals surface area contributed by atoms with Crippen molar-refractivity contribution in [3.63, 3.8) is 0 Å². The lowest BCUT2D eigenvalue weighted by Crippen LogP contribution is -2.13. The van der Waals surface area contributed by atoms with Crippen molar-refractivity contribution in [3.05, 3.63) is 32.9 Å². The molecule has 1 unspecified atom stereocenters. The number of carbonyl (C=O) groups is 1. The molecule has 3 nitrogen and oxygen atoms in total. The van der Waals surface area contributed by atoms with Crippen molar-refractivity contribution in [2.75, 3.05) is 6.54 Å². The van der Waals surface area contributed by atoms with Gasteiger partial charge >= 0.3 is 12.3 Å². The lowest BCUT2D eigenvalue weighted by Gasteiger charge is -2.13. The maximum Gasteiger partial charge on any atom is 0.417 e. The van der Waals surface area contributed by atoms with Crippen LogP contribution in [0, 0.1) is 3.57 Å². The van der Waals surface area contributed by atoms with Gasteiger partial charge < -0.3 is 10.1 Å². The fourth-order valence-corrected chi connectivity index (χ4v) is 2.18. The number of alkyl halides is 3. The van der Waals surface area contributed by atoms with Crippen LogP contribution in [0.15, 0.2) is 18.2 Å². The third kappa shape index (κ3) is 2.64. The Morgan fingerprint density at radius 2 is 2.12 bits per heavy atom. The highest BCUT2D eigenvalue weighted by atomic mass is 127. The molecule has 1 aromatic rings. The van der Waals surface area contributed by atoms with Gasteiger partial charge in [-0.2, -0.15) is 13.2 Å². The van der Waals surface area contributed by atoms with Gasteiger partial charge in [0.25, 0.3) is 0 Å². The minimum atomic E-state index is -4.40. The summed E-state index contributed by atoms with van der Waals surface area (Å²) in [6.45, 7) is 0.191. The van der Waals surface area contributed by atoms with Gasteiger partial charge in [0.2, 0.25) is 0 Å². The van der Waals surface area contributed by atoms with Crippen molar-refractivity contribution >= 4 is 28.7 Å². The van der Waals surface area contributed by atoms with E-state index in [0.717, 1.165) is 6.07 Å². The molecule has 0 saturated carbocycles. The Balaban J connectivity index is 2.34. The van der Waals surface area contributed by atoms with E-state index in [1.165, 1.54) is 12.1 Å². The Morgan fingerprint density at radius 1 is 1.41 bits per heavy atom. The van der Waals surface area contributed by atoms with Crippen LogP contribution in [0.25, 0.3) is 0 Å². The van der Waals surface area contributed by atoms with Crippen LogP contribution >= 0.6 is 22.6 Å². The number of hydrogen-bond donors (Lipinski definition) is 1. The highest BCUT2D eigenvalue weighted by Crippen LogP contribution is 2.35. The number of hydrogen-bond acceptors (Lipinski definition) is 2. The zero-order valence-electron chi connectivity index (χ0n) is 8.34. The molecule has 17 heavy (non-hydrogen) atoms. The Labute approximate surface area is 108 Å². The quantitative estimate of drug-likeness (QED) is 0.785. The van der Waals surface area contributed by atoms with Crippen LogP contribution in [-0.4, -0.2) is 12.6 Å². The molecule has 7 heteroatoms. The van der Waals surface area contributed by atoms with Gasteiger partial charge in [0.1, 0.15) is 6.10 Å². The normalized spacial score (nSPS) is 20.0. The average Bonchev–Trinajstić information content (AvgIpc) is 2.64. The molecule has 1 aromatic carbocycles. The zero-order chi connectivity index (χ0) is 12.6. The number of benzene rings is 1. The Kier molecular flexibility index (Phi) is 3.19. The minimum absolute atomic E-state index is 0.121. The van der Waals surface area contributed by atoms with Crippen LogP contribution in [0.2, 0.25) is 0 Å². The highest BCUT2D eigenvalue weighted by molar-refractivity contribution is 14.1. The molecule has 2 rings (SSSR count). The van der Waals surface area contributed by atoms with Crippen molar-refractivity contribution in [1.82, 2.24) is 5.32 Å². The molecular weight excluding hydrogens is 350 g/mol. The second-order valence-corrected chi connectivity index (χ2v) is 4.67. The van der Waals surface area contributed by atoms with Gasteiger partial charge in [-0.05, 0) is 40.3 Å². The molecule has 1 fully saturated rings. The summed E-state index contributed by atoms with van der Waals surface area (Å²) in [4.78, 5) is 10.8. The first-order valence-corrected chi connectivity index (χ1v) is 5.77. The van der Waals surface area contributed by atoms with E-state index in [1.807, 2.05) is 0 Å². The van der Waals surface area contributed by atoms with Crippen LogP contribution in [-0.2, 0) is 10.9 Å². The van der Waals surface area contributed by atoms with Crippen LogP contribution < -0.4 is 5.32 Å². The van der Waals surface area contributed by atoms with Gasteiger partial charge in [-0.25, -0.2) is 4.79 Å². The summed E-state index contributed by atoms with van der Waals surface area (Å²) in [5.74, 6) is 0. The van der Waals surface area contributed by atoms with Gasteiger partial charge in [-0.15, -0.1) is 0 Å². The zero-order valence-corrected chi connectivity index (χ0v) is 10.5. The molecule has 0 spiro atoms. The molecule has 1 N–H and O–H groups in total. The lowest BCUT2D eigenvalue weighted by atomic mass is 10.1. The predicted molar refractivity (Wildman–Crippen MR) is 61.4 cm³/mol. The fraction of sp³-hybridized carbons (Fsp3) is 0.300. The van der Waals surface area contributed by atoms with Gasteiger partial charge in [0, 0.05) is 3.57 Å². The molecule has 1 aliphatic heterocycles. The van der Waals surface area contributed by atoms with E-state index in [4.69, 9.17) is 4.74 Å². The van der Waals surface area contributed by atoms with E-state index in [9.17, 15) is 18.0 Å². The van der Waals surface area contributed by atoms with Crippen molar-refractivity contribution in [3.8, 4) is 0 Å².